The Morgan fingerprint density at radius 1 is 1.08 bits per heavy atom. The molecule has 36 heavy (non-hydrogen) atoms. The van der Waals surface area contributed by atoms with E-state index in [4.69, 9.17) is 20.2 Å². The van der Waals surface area contributed by atoms with Crippen LogP contribution in [0.4, 0.5) is 14.5 Å². The first-order chi connectivity index (χ1) is 17.1. The van der Waals surface area contributed by atoms with Crippen molar-refractivity contribution in [2.45, 2.75) is 45.6 Å². The summed E-state index contributed by atoms with van der Waals surface area (Å²) in [7, 11) is -1.26. The fraction of sp³-hybridized carbons (Fsp3) is 0.308. The maximum atomic E-state index is 14.1. The first-order valence-electron chi connectivity index (χ1n) is 11.7. The minimum Gasteiger partial charge on any atom is -0.486 e. The van der Waals surface area contributed by atoms with Gasteiger partial charge in [-0.05, 0) is 36.4 Å². The SMILES string of the molecule is C[Si](C)(C)CCOCn1c(Cn2cccc(N)c2=O)nc2c(COc3ccc(F)cc3F)cccc21. The minimum atomic E-state index is -1.26. The van der Waals surface area contributed by atoms with Crippen LogP contribution in [0.5, 0.6) is 5.75 Å². The summed E-state index contributed by atoms with van der Waals surface area (Å²) in [4.78, 5) is 17.4. The van der Waals surface area contributed by atoms with Crippen molar-refractivity contribution in [2.75, 3.05) is 12.3 Å². The molecule has 0 bridgehead atoms. The Balaban J connectivity index is 1.66. The van der Waals surface area contributed by atoms with E-state index in [0.29, 0.717) is 17.9 Å². The number of hydrogen-bond donors (Lipinski definition) is 1. The van der Waals surface area contributed by atoms with E-state index in [2.05, 4.69) is 19.6 Å². The summed E-state index contributed by atoms with van der Waals surface area (Å²) in [6, 6.07) is 13.1. The first kappa shape index (κ1) is 25.6. The highest BCUT2D eigenvalue weighted by Gasteiger charge is 2.17. The van der Waals surface area contributed by atoms with Crippen LogP contribution >= 0.6 is 0 Å². The third-order valence-corrected chi connectivity index (χ3v) is 7.50. The van der Waals surface area contributed by atoms with Gasteiger partial charge in [0, 0.05) is 32.5 Å². The number of pyridine rings is 1. The molecule has 7 nitrogen and oxygen atoms in total. The standard InChI is InChI=1S/C26H30F2N4O3Si/c1-36(2,3)13-12-34-17-32-22-8-4-6-18(16-35-23-10-9-19(27)14-20(23)28)25(22)30-24(32)15-31-11-5-7-21(29)26(31)33/h4-11,14H,12-13,15-17,29H2,1-3H3. The van der Waals surface area contributed by atoms with E-state index in [1.54, 1.807) is 18.3 Å². The fourth-order valence-electron chi connectivity index (χ4n) is 3.75. The Labute approximate surface area is 209 Å². The lowest BCUT2D eigenvalue weighted by molar-refractivity contribution is 0.0877. The van der Waals surface area contributed by atoms with Crippen molar-refractivity contribution in [1.29, 1.82) is 0 Å². The van der Waals surface area contributed by atoms with E-state index >= 15 is 0 Å². The highest BCUT2D eigenvalue weighted by atomic mass is 28.3. The molecule has 2 heterocycles. The van der Waals surface area contributed by atoms with Gasteiger partial charge in [0.15, 0.2) is 11.6 Å². The Morgan fingerprint density at radius 3 is 2.64 bits per heavy atom. The van der Waals surface area contributed by atoms with Gasteiger partial charge in [-0.2, -0.15) is 0 Å². The zero-order valence-electron chi connectivity index (χ0n) is 20.6. The smallest absolute Gasteiger partial charge is 0.274 e. The Morgan fingerprint density at radius 2 is 1.89 bits per heavy atom. The molecule has 0 fully saturated rings. The van der Waals surface area contributed by atoms with Crippen LogP contribution in [0.15, 0.2) is 59.5 Å². The summed E-state index contributed by atoms with van der Waals surface area (Å²) < 4.78 is 42.4. The average molecular weight is 513 g/mol. The number of benzene rings is 2. The molecule has 0 atom stereocenters. The van der Waals surface area contributed by atoms with Crippen molar-refractivity contribution < 1.29 is 18.3 Å². The molecule has 0 unspecified atom stereocenters. The van der Waals surface area contributed by atoms with Crippen molar-refractivity contribution in [3.63, 3.8) is 0 Å². The normalized spacial score (nSPS) is 11.8. The molecule has 2 aromatic carbocycles. The number of aromatic nitrogens is 3. The topological polar surface area (TPSA) is 84.3 Å². The predicted octanol–water partition coefficient (Wildman–Crippen LogP) is 5.00. The predicted molar refractivity (Wildman–Crippen MR) is 139 cm³/mol. The van der Waals surface area contributed by atoms with E-state index in [0.717, 1.165) is 29.3 Å². The highest BCUT2D eigenvalue weighted by molar-refractivity contribution is 6.76. The molecule has 0 radical (unpaired) electrons. The van der Waals surface area contributed by atoms with Crippen molar-refractivity contribution >= 4 is 24.8 Å². The molecule has 0 aliphatic heterocycles. The van der Waals surface area contributed by atoms with Crippen LogP contribution in [0, 0.1) is 11.6 Å². The quantitative estimate of drug-likeness (QED) is 0.239. The highest BCUT2D eigenvalue weighted by Crippen LogP contribution is 2.24. The number of rotatable bonds is 10. The number of ether oxygens (including phenoxy) is 2. The van der Waals surface area contributed by atoms with E-state index < -0.39 is 19.7 Å². The zero-order valence-corrected chi connectivity index (χ0v) is 21.6. The van der Waals surface area contributed by atoms with Gasteiger partial charge in [0.25, 0.3) is 5.56 Å². The number of anilines is 1. The molecule has 0 spiro atoms. The van der Waals surface area contributed by atoms with Gasteiger partial charge >= 0.3 is 0 Å². The molecule has 2 N–H and O–H groups in total. The van der Waals surface area contributed by atoms with Gasteiger partial charge in [-0.1, -0.05) is 31.8 Å². The van der Waals surface area contributed by atoms with Crippen molar-refractivity contribution in [1.82, 2.24) is 14.1 Å². The summed E-state index contributed by atoms with van der Waals surface area (Å²) in [6.07, 6.45) is 1.66. The lowest BCUT2D eigenvalue weighted by Gasteiger charge is -2.16. The van der Waals surface area contributed by atoms with Gasteiger partial charge in [0.05, 0.1) is 23.3 Å². The molecular weight excluding hydrogens is 482 g/mol. The van der Waals surface area contributed by atoms with Crippen LogP contribution in [0.2, 0.25) is 25.7 Å². The summed E-state index contributed by atoms with van der Waals surface area (Å²) in [5.74, 6) is -0.873. The lowest BCUT2D eigenvalue weighted by atomic mass is 10.2. The van der Waals surface area contributed by atoms with E-state index in [9.17, 15) is 13.6 Å². The number of para-hydroxylation sites is 1. The van der Waals surface area contributed by atoms with Crippen molar-refractivity contribution in [3.05, 3.63) is 88.1 Å². The van der Waals surface area contributed by atoms with Gasteiger partial charge in [0.2, 0.25) is 0 Å². The van der Waals surface area contributed by atoms with Crippen LogP contribution in [-0.2, 0) is 24.6 Å². The van der Waals surface area contributed by atoms with E-state index in [1.807, 2.05) is 22.8 Å². The largest absolute Gasteiger partial charge is 0.486 e. The molecule has 0 aliphatic rings. The van der Waals surface area contributed by atoms with Crippen LogP contribution < -0.4 is 16.0 Å². The molecule has 2 aromatic heterocycles. The third-order valence-electron chi connectivity index (χ3n) is 5.80. The second-order valence-electron chi connectivity index (χ2n) is 9.85. The van der Waals surface area contributed by atoms with Gasteiger partial charge in [0.1, 0.15) is 25.0 Å². The van der Waals surface area contributed by atoms with Crippen LogP contribution in [0.3, 0.4) is 0 Å². The third kappa shape index (κ3) is 6.00. The molecule has 0 saturated heterocycles. The monoisotopic (exact) mass is 512 g/mol. The number of halogens is 2. The zero-order chi connectivity index (χ0) is 25.9. The Hall–Kier alpha value is -3.50. The molecule has 4 rings (SSSR count). The number of nitrogens with two attached hydrogens (primary N) is 1. The minimum absolute atomic E-state index is 0.0328. The summed E-state index contributed by atoms with van der Waals surface area (Å²) >= 11 is 0. The molecule has 10 heteroatoms. The molecule has 0 saturated carbocycles. The van der Waals surface area contributed by atoms with Gasteiger partial charge < -0.3 is 24.3 Å². The Bertz CT molecular complexity index is 1430. The van der Waals surface area contributed by atoms with E-state index in [-0.39, 0.29) is 36.9 Å². The average Bonchev–Trinajstić information content (AvgIpc) is 3.16. The summed E-state index contributed by atoms with van der Waals surface area (Å²) in [6.45, 7) is 7.99. The van der Waals surface area contributed by atoms with Gasteiger partial charge in [-0.25, -0.2) is 13.8 Å². The maximum Gasteiger partial charge on any atom is 0.274 e. The summed E-state index contributed by atoms with van der Waals surface area (Å²) in [5.41, 5.74) is 7.85. The Kier molecular flexibility index (Phi) is 7.55. The number of hydrogen-bond acceptors (Lipinski definition) is 5. The second kappa shape index (κ2) is 10.6. The fourth-order valence-corrected chi connectivity index (χ4v) is 4.51. The van der Waals surface area contributed by atoms with E-state index in [1.165, 1.54) is 10.6 Å². The molecule has 4 aromatic rings. The number of imidazole rings is 1. The second-order valence-corrected chi connectivity index (χ2v) is 15.5. The van der Waals surface area contributed by atoms with Crippen molar-refractivity contribution in [2.24, 2.45) is 0 Å². The van der Waals surface area contributed by atoms with Crippen LogP contribution in [0.1, 0.15) is 11.4 Å². The van der Waals surface area contributed by atoms with Gasteiger partial charge in [-0.3, -0.25) is 4.79 Å². The molecule has 0 aliphatic carbocycles. The van der Waals surface area contributed by atoms with Gasteiger partial charge in [-0.15, -0.1) is 0 Å². The maximum absolute atomic E-state index is 14.1. The van der Waals surface area contributed by atoms with Crippen LogP contribution in [0.25, 0.3) is 11.0 Å². The number of nitrogen functional groups attached to an aromatic ring is 1. The number of nitrogens with zero attached hydrogens (tertiary/aromatic N) is 3. The lowest BCUT2D eigenvalue weighted by Crippen LogP contribution is -2.24. The molecular formula is C26H30F2N4O3Si. The van der Waals surface area contributed by atoms with Crippen LogP contribution in [-0.4, -0.2) is 28.8 Å². The summed E-state index contributed by atoms with van der Waals surface area (Å²) in [5, 5.41) is 0. The molecule has 0 amide bonds. The number of fused-ring (bicyclic) bond motifs is 1. The first-order valence-corrected chi connectivity index (χ1v) is 15.4. The van der Waals surface area contributed by atoms with Crippen molar-refractivity contribution in [3.8, 4) is 5.75 Å². The molecule has 190 valence electrons.